The lowest BCUT2D eigenvalue weighted by atomic mass is 10.3. The Hall–Kier alpha value is -1.66. The quantitative estimate of drug-likeness (QED) is 0.918. The monoisotopic (exact) mass is 292 g/mol. The number of hydrogen-bond acceptors (Lipinski definition) is 5. The van der Waals surface area contributed by atoms with Crippen LogP contribution in [-0.2, 0) is 9.53 Å². The molecule has 2 heterocycles. The fourth-order valence-corrected chi connectivity index (χ4v) is 2.99. The van der Waals surface area contributed by atoms with E-state index in [-0.39, 0.29) is 18.6 Å². The molecular weight excluding hydrogens is 276 g/mol. The van der Waals surface area contributed by atoms with E-state index >= 15 is 0 Å². The summed E-state index contributed by atoms with van der Waals surface area (Å²) in [5, 5.41) is 5.17. The zero-order valence-corrected chi connectivity index (χ0v) is 11.8. The lowest BCUT2D eigenvalue weighted by Gasteiger charge is -2.09. The van der Waals surface area contributed by atoms with E-state index in [1.54, 1.807) is 6.26 Å². The maximum absolute atomic E-state index is 11.8. The summed E-state index contributed by atoms with van der Waals surface area (Å²) in [6.45, 7) is 0.0976. The van der Waals surface area contributed by atoms with Gasteiger partial charge in [-0.3, -0.25) is 10.1 Å². The Morgan fingerprint density at radius 3 is 3.10 bits per heavy atom. The smallest absolute Gasteiger partial charge is 0.252 e. The van der Waals surface area contributed by atoms with Gasteiger partial charge >= 0.3 is 0 Å². The van der Waals surface area contributed by atoms with Crippen LogP contribution in [0.5, 0.6) is 0 Å². The zero-order chi connectivity index (χ0) is 13.8. The average Bonchev–Trinajstić information content (AvgIpc) is 3.18. The molecule has 6 heteroatoms. The van der Waals surface area contributed by atoms with E-state index in [4.69, 9.17) is 9.15 Å². The number of nitrogens with one attached hydrogen (secondary N) is 1. The Bertz CT molecular complexity index is 559. The van der Waals surface area contributed by atoms with Gasteiger partial charge in [0.15, 0.2) is 10.9 Å². The number of nitrogens with zero attached hydrogens (tertiary/aromatic N) is 1. The van der Waals surface area contributed by atoms with Gasteiger partial charge in [0, 0.05) is 5.38 Å². The van der Waals surface area contributed by atoms with Crippen LogP contribution in [0.4, 0.5) is 5.13 Å². The van der Waals surface area contributed by atoms with Crippen LogP contribution in [0.3, 0.4) is 0 Å². The predicted molar refractivity (Wildman–Crippen MR) is 76.7 cm³/mol. The molecule has 1 N–H and O–H groups in total. The minimum atomic E-state index is -0.155. The van der Waals surface area contributed by atoms with Crippen molar-refractivity contribution in [2.45, 2.75) is 31.8 Å². The number of hydrogen-bond donors (Lipinski definition) is 1. The highest BCUT2D eigenvalue weighted by molar-refractivity contribution is 7.14. The molecule has 20 heavy (non-hydrogen) atoms. The second kappa shape index (κ2) is 6.19. The minimum Gasteiger partial charge on any atom is -0.463 e. The van der Waals surface area contributed by atoms with Gasteiger partial charge < -0.3 is 9.15 Å². The maximum atomic E-state index is 11.8. The normalized spacial score (nSPS) is 15.6. The van der Waals surface area contributed by atoms with Gasteiger partial charge in [-0.25, -0.2) is 4.98 Å². The Labute approximate surface area is 121 Å². The first-order chi connectivity index (χ1) is 9.81. The number of anilines is 1. The first-order valence-electron chi connectivity index (χ1n) is 6.72. The van der Waals surface area contributed by atoms with Crippen molar-refractivity contribution >= 4 is 22.4 Å². The molecule has 106 valence electrons. The van der Waals surface area contributed by atoms with Crippen molar-refractivity contribution in [1.29, 1.82) is 0 Å². The number of ether oxygens (including phenoxy) is 1. The van der Waals surface area contributed by atoms with Crippen molar-refractivity contribution in [1.82, 2.24) is 4.98 Å². The molecule has 0 unspecified atom stereocenters. The van der Waals surface area contributed by atoms with E-state index in [9.17, 15) is 4.79 Å². The molecule has 0 spiro atoms. The van der Waals surface area contributed by atoms with Crippen LogP contribution in [0.15, 0.2) is 28.2 Å². The number of carbonyl (C=O) groups excluding carboxylic acids is 1. The maximum Gasteiger partial charge on any atom is 0.252 e. The number of furan rings is 1. The summed E-state index contributed by atoms with van der Waals surface area (Å²) >= 11 is 1.38. The van der Waals surface area contributed by atoms with Gasteiger partial charge in [0.25, 0.3) is 5.91 Å². The van der Waals surface area contributed by atoms with Crippen molar-refractivity contribution in [2.75, 3.05) is 11.9 Å². The van der Waals surface area contributed by atoms with Gasteiger partial charge in [-0.15, -0.1) is 11.3 Å². The highest BCUT2D eigenvalue weighted by atomic mass is 32.1. The predicted octanol–water partition coefficient (Wildman–Crippen LogP) is 3.30. The van der Waals surface area contributed by atoms with E-state index in [0.29, 0.717) is 10.9 Å². The molecule has 1 aliphatic carbocycles. The number of carbonyl (C=O) groups is 1. The summed E-state index contributed by atoms with van der Waals surface area (Å²) < 4.78 is 10.8. The molecule has 0 aliphatic heterocycles. The number of amides is 1. The molecule has 1 saturated carbocycles. The van der Waals surface area contributed by atoms with E-state index in [0.717, 1.165) is 18.5 Å². The molecule has 1 aliphatic rings. The fourth-order valence-electron chi connectivity index (χ4n) is 2.27. The summed E-state index contributed by atoms with van der Waals surface area (Å²) in [7, 11) is 0. The number of aromatic nitrogens is 1. The topological polar surface area (TPSA) is 64.4 Å². The molecule has 3 rings (SSSR count). The van der Waals surface area contributed by atoms with Crippen molar-refractivity contribution < 1.29 is 13.9 Å². The van der Waals surface area contributed by atoms with E-state index in [1.165, 1.54) is 24.2 Å². The summed E-state index contributed by atoms with van der Waals surface area (Å²) in [5.74, 6) is 0.543. The van der Waals surface area contributed by atoms with E-state index < -0.39 is 0 Å². The first-order valence-corrected chi connectivity index (χ1v) is 7.60. The Balaban J connectivity index is 1.51. The molecule has 0 saturated heterocycles. The van der Waals surface area contributed by atoms with Gasteiger partial charge in [-0.1, -0.05) is 12.8 Å². The summed E-state index contributed by atoms with van der Waals surface area (Å²) in [4.78, 5) is 16.1. The van der Waals surface area contributed by atoms with Crippen LogP contribution in [0.2, 0.25) is 0 Å². The third kappa shape index (κ3) is 3.26. The van der Waals surface area contributed by atoms with Crippen molar-refractivity contribution in [3.8, 4) is 11.5 Å². The molecule has 2 aromatic heterocycles. The SMILES string of the molecule is O=C(COC1CCCC1)Nc1nc(-c2ccco2)cs1. The fraction of sp³-hybridized carbons (Fsp3) is 0.429. The Morgan fingerprint density at radius 1 is 1.50 bits per heavy atom. The van der Waals surface area contributed by atoms with Gasteiger partial charge in [-0.05, 0) is 25.0 Å². The third-order valence-corrected chi connectivity index (χ3v) is 4.03. The molecule has 1 fully saturated rings. The van der Waals surface area contributed by atoms with Crippen molar-refractivity contribution in [3.63, 3.8) is 0 Å². The summed E-state index contributed by atoms with van der Waals surface area (Å²) in [6, 6.07) is 3.65. The van der Waals surface area contributed by atoms with Crippen molar-refractivity contribution in [2.24, 2.45) is 0 Å². The summed E-state index contributed by atoms with van der Waals surface area (Å²) in [6.07, 6.45) is 6.37. The van der Waals surface area contributed by atoms with Crippen LogP contribution in [-0.4, -0.2) is 23.6 Å². The number of rotatable bonds is 5. The Kier molecular flexibility index (Phi) is 4.13. The average molecular weight is 292 g/mol. The zero-order valence-electron chi connectivity index (χ0n) is 11.0. The van der Waals surface area contributed by atoms with Crippen molar-refractivity contribution in [3.05, 3.63) is 23.8 Å². The van der Waals surface area contributed by atoms with E-state index in [2.05, 4.69) is 10.3 Å². The largest absolute Gasteiger partial charge is 0.463 e. The highest BCUT2D eigenvalue weighted by Gasteiger charge is 2.17. The van der Waals surface area contributed by atoms with Gasteiger partial charge in [0.2, 0.25) is 0 Å². The van der Waals surface area contributed by atoms with Crippen LogP contribution < -0.4 is 5.32 Å². The third-order valence-electron chi connectivity index (χ3n) is 3.28. The molecule has 2 aromatic rings. The number of thiazole rings is 1. The van der Waals surface area contributed by atoms with Crippen LogP contribution in [0, 0.1) is 0 Å². The molecular formula is C14H16N2O3S. The van der Waals surface area contributed by atoms with Gasteiger partial charge in [0.1, 0.15) is 12.3 Å². The molecule has 1 amide bonds. The second-order valence-corrected chi connectivity index (χ2v) is 5.64. The van der Waals surface area contributed by atoms with Gasteiger partial charge in [-0.2, -0.15) is 0 Å². The lowest BCUT2D eigenvalue weighted by molar-refractivity contribution is -0.122. The lowest BCUT2D eigenvalue weighted by Crippen LogP contribution is -2.21. The van der Waals surface area contributed by atoms with Crippen LogP contribution in [0.1, 0.15) is 25.7 Å². The molecule has 0 atom stereocenters. The summed E-state index contributed by atoms with van der Waals surface area (Å²) in [5.41, 5.74) is 0.729. The minimum absolute atomic E-state index is 0.0976. The molecule has 0 aromatic carbocycles. The van der Waals surface area contributed by atoms with Crippen LogP contribution >= 0.6 is 11.3 Å². The highest BCUT2D eigenvalue weighted by Crippen LogP contribution is 2.25. The van der Waals surface area contributed by atoms with E-state index in [1.807, 2.05) is 17.5 Å². The standard InChI is InChI=1S/C14H16N2O3S/c17-13(8-19-10-4-1-2-5-10)16-14-15-11(9-20-14)12-6-3-7-18-12/h3,6-7,9-10H,1-2,4-5,8H2,(H,15,16,17). The first kappa shape index (κ1) is 13.3. The second-order valence-electron chi connectivity index (χ2n) is 4.78. The van der Waals surface area contributed by atoms with Gasteiger partial charge in [0.05, 0.1) is 12.4 Å². The Morgan fingerprint density at radius 2 is 2.35 bits per heavy atom. The molecule has 0 bridgehead atoms. The molecule has 0 radical (unpaired) electrons. The molecule has 5 nitrogen and oxygen atoms in total. The van der Waals surface area contributed by atoms with Crippen LogP contribution in [0.25, 0.3) is 11.5 Å².